The average molecular weight is 348 g/mol. The minimum atomic E-state index is -0.00753. The second-order valence-corrected chi connectivity index (χ2v) is 6.69. The minimum Gasteiger partial charge on any atom is -0.339 e. The van der Waals surface area contributed by atoms with Gasteiger partial charge in [-0.1, -0.05) is 0 Å². The van der Waals surface area contributed by atoms with Crippen LogP contribution in [0.3, 0.4) is 0 Å². The SMILES string of the molecule is Cc1nn(C)cc1-c1cc2cc(CC(=O)c3n[nH]c(C)c3C)cnc2[nH]1. The van der Waals surface area contributed by atoms with Crippen LogP contribution in [-0.2, 0) is 13.5 Å². The summed E-state index contributed by atoms with van der Waals surface area (Å²) in [5.74, 6) is -0.00753. The molecule has 0 aliphatic heterocycles. The van der Waals surface area contributed by atoms with E-state index < -0.39 is 0 Å². The molecule has 0 saturated heterocycles. The third-order valence-electron chi connectivity index (χ3n) is 4.71. The number of pyridine rings is 1. The van der Waals surface area contributed by atoms with Crippen LogP contribution < -0.4 is 0 Å². The summed E-state index contributed by atoms with van der Waals surface area (Å²) in [7, 11) is 1.90. The van der Waals surface area contributed by atoms with Crippen molar-refractivity contribution in [2.75, 3.05) is 0 Å². The van der Waals surface area contributed by atoms with E-state index in [0.717, 1.165) is 44.8 Å². The van der Waals surface area contributed by atoms with E-state index in [0.29, 0.717) is 5.69 Å². The molecule has 0 aromatic carbocycles. The Kier molecular flexibility index (Phi) is 3.72. The Morgan fingerprint density at radius 3 is 2.69 bits per heavy atom. The number of aromatic amines is 2. The lowest BCUT2D eigenvalue weighted by atomic mass is 10.0. The predicted molar refractivity (Wildman–Crippen MR) is 99.1 cm³/mol. The predicted octanol–water partition coefficient (Wildman–Crippen LogP) is 3.04. The number of fused-ring (bicyclic) bond motifs is 1. The molecule has 4 aromatic rings. The molecule has 0 saturated carbocycles. The van der Waals surface area contributed by atoms with Gasteiger partial charge < -0.3 is 4.98 Å². The van der Waals surface area contributed by atoms with Gasteiger partial charge in [0.2, 0.25) is 0 Å². The van der Waals surface area contributed by atoms with Crippen LogP contribution in [-0.4, -0.2) is 35.7 Å². The number of carbonyl (C=O) groups excluding carboxylic acids is 1. The molecule has 0 radical (unpaired) electrons. The summed E-state index contributed by atoms with van der Waals surface area (Å²) in [6.07, 6.45) is 4.00. The van der Waals surface area contributed by atoms with Crippen molar-refractivity contribution in [3.05, 3.63) is 52.7 Å². The minimum absolute atomic E-state index is 0.00753. The van der Waals surface area contributed by atoms with Crippen LogP contribution in [0.5, 0.6) is 0 Å². The summed E-state index contributed by atoms with van der Waals surface area (Å²) in [5, 5.41) is 12.3. The smallest absolute Gasteiger partial charge is 0.187 e. The topological polar surface area (TPSA) is 92.2 Å². The number of H-pyrrole nitrogens is 2. The van der Waals surface area contributed by atoms with Crippen molar-refractivity contribution in [2.45, 2.75) is 27.2 Å². The zero-order valence-corrected chi connectivity index (χ0v) is 15.2. The summed E-state index contributed by atoms with van der Waals surface area (Å²) in [4.78, 5) is 20.3. The molecule has 0 amide bonds. The number of aryl methyl sites for hydroxylation is 3. The summed E-state index contributed by atoms with van der Waals surface area (Å²) >= 11 is 0. The van der Waals surface area contributed by atoms with Gasteiger partial charge in [0.1, 0.15) is 11.3 Å². The van der Waals surface area contributed by atoms with Gasteiger partial charge in [-0.15, -0.1) is 0 Å². The number of nitrogens with one attached hydrogen (secondary N) is 2. The van der Waals surface area contributed by atoms with Crippen molar-refractivity contribution in [3.8, 4) is 11.3 Å². The highest BCUT2D eigenvalue weighted by Crippen LogP contribution is 2.26. The number of aromatic nitrogens is 6. The van der Waals surface area contributed by atoms with Crippen molar-refractivity contribution in [3.63, 3.8) is 0 Å². The standard InChI is InChI=1S/C19H20N6O/c1-10-11(2)22-23-18(10)17(26)6-13-5-14-7-16(21-19(14)20-8-13)15-9-25(4)24-12(15)3/h5,7-9H,6H2,1-4H3,(H,20,21)(H,22,23). The molecule has 7 heteroatoms. The second kappa shape index (κ2) is 5.94. The zero-order chi connectivity index (χ0) is 18.4. The van der Waals surface area contributed by atoms with Crippen molar-refractivity contribution < 1.29 is 4.79 Å². The molecule has 7 nitrogen and oxygen atoms in total. The third kappa shape index (κ3) is 2.71. The molecule has 26 heavy (non-hydrogen) atoms. The average Bonchev–Trinajstić information content (AvgIpc) is 3.25. The molecule has 0 bridgehead atoms. The summed E-state index contributed by atoms with van der Waals surface area (Å²) < 4.78 is 1.79. The molecule has 0 aliphatic rings. The molecule has 0 unspecified atom stereocenters. The maximum atomic E-state index is 12.5. The Morgan fingerprint density at radius 2 is 2.04 bits per heavy atom. The van der Waals surface area contributed by atoms with E-state index in [2.05, 4.69) is 25.3 Å². The number of ketones is 1. The Balaban J connectivity index is 1.64. The largest absolute Gasteiger partial charge is 0.339 e. The second-order valence-electron chi connectivity index (χ2n) is 6.69. The maximum Gasteiger partial charge on any atom is 0.187 e. The van der Waals surface area contributed by atoms with E-state index in [-0.39, 0.29) is 12.2 Å². The first-order valence-electron chi connectivity index (χ1n) is 8.45. The maximum absolute atomic E-state index is 12.5. The molecule has 4 heterocycles. The van der Waals surface area contributed by atoms with Crippen LogP contribution in [0.15, 0.2) is 24.5 Å². The Labute approximate surface area is 150 Å². The number of carbonyl (C=O) groups is 1. The molecule has 2 N–H and O–H groups in total. The van der Waals surface area contributed by atoms with Crippen LogP contribution in [0.1, 0.15) is 33.0 Å². The van der Waals surface area contributed by atoms with E-state index in [1.54, 1.807) is 10.9 Å². The van der Waals surface area contributed by atoms with E-state index in [1.807, 2.05) is 46.1 Å². The fourth-order valence-electron chi connectivity index (χ4n) is 3.19. The van der Waals surface area contributed by atoms with Gasteiger partial charge in [-0.25, -0.2) is 4.98 Å². The van der Waals surface area contributed by atoms with Crippen molar-refractivity contribution in [2.24, 2.45) is 7.05 Å². The molecule has 0 aliphatic carbocycles. The Morgan fingerprint density at radius 1 is 1.23 bits per heavy atom. The Hall–Kier alpha value is -3.22. The lowest BCUT2D eigenvalue weighted by Gasteiger charge is -2.00. The molecule has 0 fully saturated rings. The lowest BCUT2D eigenvalue weighted by molar-refractivity contribution is 0.0987. The van der Waals surface area contributed by atoms with Crippen LogP contribution >= 0.6 is 0 Å². The van der Waals surface area contributed by atoms with E-state index >= 15 is 0 Å². The van der Waals surface area contributed by atoms with Crippen molar-refractivity contribution >= 4 is 16.8 Å². The normalized spacial score (nSPS) is 11.4. The van der Waals surface area contributed by atoms with Gasteiger partial charge in [0, 0.05) is 48.1 Å². The fraction of sp³-hybridized carbons (Fsp3) is 0.263. The lowest BCUT2D eigenvalue weighted by Crippen LogP contribution is -2.06. The highest BCUT2D eigenvalue weighted by Gasteiger charge is 2.16. The highest BCUT2D eigenvalue weighted by atomic mass is 16.1. The summed E-state index contributed by atoms with van der Waals surface area (Å²) in [6.45, 7) is 5.79. The first kappa shape index (κ1) is 16.3. The number of hydrogen-bond acceptors (Lipinski definition) is 4. The number of Topliss-reactive ketones (excluding diaryl/α,β-unsaturated/α-hetero) is 1. The molecule has 0 atom stereocenters. The van der Waals surface area contributed by atoms with Gasteiger partial charge in [0.05, 0.1) is 11.4 Å². The van der Waals surface area contributed by atoms with E-state index in [4.69, 9.17) is 0 Å². The highest BCUT2D eigenvalue weighted by molar-refractivity contribution is 5.97. The molecular weight excluding hydrogens is 328 g/mol. The van der Waals surface area contributed by atoms with Gasteiger partial charge in [-0.05, 0) is 38.5 Å². The summed E-state index contributed by atoms with van der Waals surface area (Å²) in [6, 6.07) is 4.05. The molecule has 4 rings (SSSR count). The molecule has 4 aromatic heterocycles. The van der Waals surface area contributed by atoms with Gasteiger partial charge in [-0.2, -0.15) is 10.2 Å². The van der Waals surface area contributed by atoms with Crippen LogP contribution in [0, 0.1) is 20.8 Å². The first-order valence-corrected chi connectivity index (χ1v) is 8.45. The van der Waals surface area contributed by atoms with Gasteiger partial charge >= 0.3 is 0 Å². The quantitative estimate of drug-likeness (QED) is 0.555. The van der Waals surface area contributed by atoms with Crippen molar-refractivity contribution in [1.82, 2.24) is 29.9 Å². The van der Waals surface area contributed by atoms with Gasteiger partial charge in [0.25, 0.3) is 0 Å². The van der Waals surface area contributed by atoms with Crippen LogP contribution in [0.2, 0.25) is 0 Å². The Bertz CT molecular complexity index is 1130. The van der Waals surface area contributed by atoms with E-state index in [1.165, 1.54) is 0 Å². The zero-order valence-electron chi connectivity index (χ0n) is 15.2. The van der Waals surface area contributed by atoms with E-state index in [9.17, 15) is 4.79 Å². The fourth-order valence-corrected chi connectivity index (χ4v) is 3.19. The number of hydrogen-bond donors (Lipinski definition) is 2. The van der Waals surface area contributed by atoms with Crippen LogP contribution in [0.25, 0.3) is 22.3 Å². The van der Waals surface area contributed by atoms with Crippen molar-refractivity contribution in [1.29, 1.82) is 0 Å². The van der Waals surface area contributed by atoms with Gasteiger partial charge in [0.15, 0.2) is 5.78 Å². The number of rotatable bonds is 4. The first-order chi connectivity index (χ1) is 12.4. The van der Waals surface area contributed by atoms with Crippen LogP contribution in [0.4, 0.5) is 0 Å². The third-order valence-corrected chi connectivity index (χ3v) is 4.71. The number of nitrogens with zero attached hydrogens (tertiary/aromatic N) is 4. The molecule has 132 valence electrons. The summed E-state index contributed by atoms with van der Waals surface area (Å²) in [5.41, 5.74) is 6.97. The monoisotopic (exact) mass is 348 g/mol. The van der Waals surface area contributed by atoms with Gasteiger partial charge in [-0.3, -0.25) is 14.6 Å². The molecule has 0 spiro atoms. The molecular formula is C19H20N6O.